The average molecular weight is 200 g/mol. The fourth-order valence-electron chi connectivity index (χ4n) is 1.41. The minimum absolute atomic E-state index is 0.116. The third-order valence-corrected chi connectivity index (χ3v) is 2.16. The van der Waals surface area contributed by atoms with Crippen molar-refractivity contribution in [3.05, 3.63) is 48.0 Å². The fourth-order valence-corrected chi connectivity index (χ4v) is 1.41. The van der Waals surface area contributed by atoms with Crippen LogP contribution in [0.1, 0.15) is 31.1 Å². The molecule has 0 atom stereocenters. The van der Waals surface area contributed by atoms with Gasteiger partial charge in [-0.05, 0) is 23.8 Å². The third kappa shape index (κ3) is 2.66. The topological polar surface area (TPSA) is 17.1 Å². The van der Waals surface area contributed by atoms with Crippen LogP contribution < -0.4 is 0 Å². The minimum atomic E-state index is 0.116. The first kappa shape index (κ1) is 11.4. The quantitative estimate of drug-likeness (QED) is 0.634. The Balaban J connectivity index is 0.000000531. The summed E-state index contributed by atoms with van der Waals surface area (Å²) in [4.78, 5) is 11.1. The van der Waals surface area contributed by atoms with E-state index in [2.05, 4.69) is 0 Å². The Kier molecular flexibility index (Phi) is 4.04. The number of fused-ring (bicyclic) bond motifs is 1. The second-order valence-corrected chi connectivity index (χ2v) is 3.12. The van der Waals surface area contributed by atoms with Gasteiger partial charge in [-0.25, -0.2) is 0 Å². The molecule has 0 amide bonds. The molecule has 0 unspecified atom stereocenters. The van der Waals surface area contributed by atoms with E-state index in [1.54, 1.807) is 6.92 Å². The Labute approximate surface area is 90.7 Å². The summed E-state index contributed by atoms with van der Waals surface area (Å²) in [5.74, 6) is 0.116. The summed E-state index contributed by atoms with van der Waals surface area (Å²) in [6, 6.07) is 13.8. The lowest BCUT2D eigenvalue weighted by molar-refractivity contribution is 0.101. The predicted molar refractivity (Wildman–Crippen MR) is 65.3 cm³/mol. The van der Waals surface area contributed by atoms with Crippen LogP contribution in [-0.2, 0) is 0 Å². The number of carbonyl (C=O) groups is 1. The molecule has 0 aliphatic heterocycles. The Bertz CT molecular complexity index is 458. The van der Waals surface area contributed by atoms with Crippen LogP contribution >= 0.6 is 0 Å². The molecule has 0 aromatic heterocycles. The summed E-state index contributed by atoms with van der Waals surface area (Å²) in [6.45, 7) is 5.59. The molecule has 0 heterocycles. The lowest BCUT2D eigenvalue weighted by Crippen LogP contribution is -1.90. The molecule has 0 N–H and O–H groups in total. The van der Waals surface area contributed by atoms with Crippen LogP contribution in [0.4, 0.5) is 0 Å². The number of carbonyl (C=O) groups excluding carboxylic acids is 1. The van der Waals surface area contributed by atoms with Gasteiger partial charge in [0.15, 0.2) is 5.78 Å². The minimum Gasteiger partial charge on any atom is -0.295 e. The molecule has 2 aromatic rings. The zero-order valence-electron chi connectivity index (χ0n) is 9.45. The highest BCUT2D eigenvalue weighted by Gasteiger charge is 1.99. The molecule has 0 spiro atoms. The monoisotopic (exact) mass is 200 g/mol. The third-order valence-electron chi connectivity index (χ3n) is 2.16. The van der Waals surface area contributed by atoms with E-state index in [1.165, 1.54) is 5.39 Å². The smallest absolute Gasteiger partial charge is 0.159 e. The largest absolute Gasteiger partial charge is 0.295 e. The number of ketones is 1. The van der Waals surface area contributed by atoms with Gasteiger partial charge in [-0.3, -0.25) is 4.79 Å². The number of hydrogen-bond acceptors (Lipinski definition) is 1. The van der Waals surface area contributed by atoms with E-state index in [1.807, 2.05) is 56.3 Å². The molecule has 0 radical (unpaired) electrons. The van der Waals surface area contributed by atoms with Gasteiger partial charge in [-0.1, -0.05) is 50.2 Å². The average Bonchev–Trinajstić information content (AvgIpc) is 2.31. The van der Waals surface area contributed by atoms with Crippen LogP contribution in [0.15, 0.2) is 42.5 Å². The van der Waals surface area contributed by atoms with E-state index in [4.69, 9.17) is 0 Å². The van der Waals surface area contributed by atoms with E-state index in [0.717, 1.165) is 10.9 Å². The van der Waals surface area contributed by atoms with Crippen molar-refractivity contribution < 1.29 is 4.79 Å². The van der Waals surface area contributed by atoms with Crippen molar-refractivity contribution in [1.29, 1.82) is 0 Å². The van der Waals surface area contributed by atoms with Crippen molar-refractivity contribution in [1.82, 2.24) is 0 Å². The van der Waals surface area contributed by atoms with Crippen molar-refractivity contribution in [2.45, 2.75) is 20.8 Å². The first-order valence-electron chi connectivity index (χ1n) is 5.27. The number of Topliss-reactive ketones (excluding diaryl/α,β-unsaturated/α-hetero) is 1. The molecule has 2 rings (SSSR count). The maximum Gasteiger partial charge on any atom is 0.159 e. The van der Waals surface area contributed by atoms with Gasteiger partial charge in [0.05, 0.1) is 0 Å². The van der Waals surface area contributed by atoms with Gasteiger partial charge < -0.3 is 0 Å². The molecule has 78 valence electrons. The molecule has 0 aliphatic rings. The highest BCUT2D eigenvalue weighted by atomic mass is 16.1. The lowest BCUT2D eigenvalue weighted by atomic mass is 10.1. The predicted octanol–water partition coefficient (Wildman–Crippen LogP) is 4.07. The van der Waals surface area contributed by atoms with E-state index in [9.17, 15) is 4.79 Å². The molecule has 0 saturated carbocycles. The van der Waals surface area contributed by atoms with Crippen LogP contribution in [0.3, 0.4) is 0 Å². The Morgan fingerprint density at radius 1 is 0.933 bits per heavy atom. The normalized spacial score (nSPS) is 9.27. The van der Waals surface area contributed by atoms with Crippen LogP contribution in [0, 0.1) is 0 Å². The number of benzene rings is 2. The molecule has 0 bridgehead atoms. The first-order valence-corrected chi connectivity index (χ1v) is 5.27. The lowest BCUT2D eigenvalue weighted by Gasteiger charge is -1.99. The summed E-state index contributed by atoms with van der Waals surface area (Å²) in [7, 11) is 0. The van der Waals surface area contributed by atoms with Crippen LogP contribution in [-0.4, -0.2) is 5.78 Å². The molecule has 0 saturated heterocycles. The SMILES string of the molecule is CC.CC(=O)c1ccc2ccccc2c1. The van der Waals surface area contributed by atoms with Crippen molar-refractivity contribution in [2.24, 2.45) is 0 Å². The Hall–Kier alpha value is -1.63. The molecule has 2 aromatic carbocycles. The van der Waals surface area contributed by atoms with Gasteiger partial charge in [0.1, 0.15) is 0 Å². The maximum atomic E-state index is 11.1. The Morgan fingerprint density at radius 2 is 1.53 bits per heavy atom. The molecular weight excluding hydrogens is 184 g/mol. The van der Waals surface area contributed by atoms with Gasteiger partial charge in [-0.15, -0.1) is 0 Å². The highest BCUT2D eigenvalue weighted by Crippen LogP contribution is 2.15. The van der Waals surface area contributed by atoms with E-state index < -0.39 is 0 Å². The summed E-state index contributed by atoms with van der Waals surface area (Å²) < 4.78 is 0. The zero-order valence-corrected chi connectivity index (χ0v) is 9.45. The molecular formula is C14H16O. The number of rotatable bonds is 1. The fraction of sp³-hybridized carbons (Fsp3) is 0.214. The molecule has 0 aliphatic carbocycles. The maximum absolute atomic E-state index is 11.1. The van der Waals surface area contributed by atoms with Crippen molar-refractivity contribution >= 4 is 16.6 Å². The second kappa shape index (κ2) is 5.30. The second-order valence-electron chi connectivity index (χ2n) is 3.12. The molecule has 0 fully saturated rings. The van der Waals surface area contributed by atoms with Gasteiger partial charge >= 0.3 is 0 Å². The number of hydrogen-bond donors (Lipinski definition) is 0. The molecule has 15 heavy (non-hydrogen) atoms. The van der Waals surface area contributed by atoms with Crippen molar-refractivity contribution in [3.8, 4) is 0 Å². The van der Waals surface area contributed by atoms with Gasteiger partial charge in [0, 0.05) is 5.56 Å². The van der Waals surface area contributed by atoms with Gasteiger partial charge in [0.2, 0.25) is 0 Å². The first-order chi connectivity index (χ1) is 7.27. The van der Waals surface area contributed by atoms with Crippen LogP contribution in [0.5, 0.6) is 0 Å². The van der Waals surface area contributed by atoms with Crippen molar-refractivity contribution in [2.75, 3.05) is 0 Å². The molecule has 1 nitrogen and oxygen atoms in total. The summed E-state index contributed by atoms with van der Waals surface area (Å²) >= 11 is 0. The van der Waals surface area contributed by atoms with E-state index in [-0.39, 0.29) is 5.78 Å². The summed E-state index contributed by atoms with van der Waals surface area (Å²) in [5, 5.41) is 2.29. The summed E-state index contributed by atoms with van der Waals surface area (Å²) in [5.41, 5.74) is 0.777. The van der Waals surface area contributed by atoms with E-state index >= 15 is 0 Å². The van der Waals surface area contributed by atoms with E-state index in [0.29, 0.717) is 0 Å². The zero-order chi connectivity index (χ0) is 11.3. The summed E-state index contributed by atoms with van der Waals surface area (Å²) in [6.07, 6.45) is 0. The van der Waals surface area contributed by atoms with Gasteiger partial charge in [-0.2, -0.15) is 0 Å². The van der Waals surface area contributed by atoms with Gasteiger partial charge in [0.25, 0.3) is 0 Å². The van der Waals surface area contributed by atoms with Crippen molar-refractivity contribution in [3.63, 3.8) is 0 Å². The van der Waals surface area contributed by atoms with Crippen LogP contribution in [0.25, 0.3) is 10.8 Å². The standard InChI is InChI=1S/C12H10O.C2H6/c1-9(13)11-7-6-10-4-2-3-5-12(10)8-11;1-2/h2-8H,1H3;1-2H3. The van der Waals surface area contributed by atoms with Crippen LogP contribution in [0.2, 0.25) is 0 Å². The molecule has 1 heteroatoms. The Morgan fingerprint density at radius 3 is 2.13 bits per heavy atom. The highest BCUT2D eigenvalue weighted by molar-refractivity contribution is 5.98.